The second-order valence-electron chi connectivity index (χ2n) is 3.74. The first-order valence-electron chi connectivity index (χ1n) is 5.41. The van der Waals surface area contributed by atoms with Crippen LogP contribution < -0.4 is 17.1 Å². The lowest BCUT2D eigenvalue weighted by molar-refractivity contribution is 0.468. The molecule has 0 saturated carbocycles. The molecule has 0 saturated heterocycles. The molecule has 0 spiro atoms. The van der Waals surface area contributed by atoms with Crippen molar-refractivity contribution in [1.82, 2.24) is 14.1 Å². The van der Waals surface area contributed by atoms with E-state index in [0.717, 1.165) is 4.57 Å². The fraction of sp³-hybridized carbons (Fsp3) is 0.0833. The molecule has 0 radical (unpaired) electrons. The Morgan fingerprint density at radius 1 is 1.21 bits per heavy atom. The van der Waals surface area contributed by atoms with Crippen LogP contribution >= 0.6 is 0 Å². The summed E-state index contributed by atoms with van der Waals surface area (Å²) < 4.78 is 1.50. The van der Waals surface area contributed by atoms with Gasteiger partial charge in [0.2, 0.25) is 0 Å². The van der Waals surface area contributed by atoms with Crippen molar-refractivity contribution < 1.29 is 5.11 Å². The summed E-state index contributed by atoms with van der Waals surface area (Å²) in [5.41, 5.74) is -2.56. The molecule has 1 aromatic heterocycles. The molecule has 7 heteroatoms. The van der Waals surface area contributed by atoms with Gasteiger partial charge in [0.1, 0.15) is 5.75 Å². The van der Waals surface area contributed by atoms with E-state index in [2.05, 4.69) is 6.58 Å². The van der Waals surface area contributed by atoms with Gasteiger partial charge >= 0.3 is 17.1 Å². The summed E-state index contributed by atoms with van der Waals surface area (Å²) >= 11 is 0. The lowest BCUT2D eigenvalue weighted by Gasteiger charge is -2.08. The minimum absolute atomic E-state index is 0.00608. The van der Waals surface area contributed by atoms with Crippen molar-refractivity contribution in [3.63, 3.8) is 0 Å². The average molecular weight is 261 g/mol. The van der Waals surface area contributed by atoms with E-state index >= 15 is 0 Å². The second kappa shape index (κ2) is 4.81. The van der Waals surface area contributed by atoms with Gasteiger partial charge in [0, 0.05) is 0 Å². The third kappa shape index (κ3) is 2.13. The number of phenols is 1. The van der Waals surface area contributed by atoms with Crippen LogP contribution in [0.5, 0.6) is 5.75 Å². The number of rotatable bonds is 3. The number of benzene rings is 1. The number of allylic oxidation sites excluding steroid dienone is 1. The summed E-state index contributed by atoms with van der Waals surface area (Å²) in [7, 11) is 0. The van der Waals surface area contributed by atoms with Gasteiger partial charge in [0.15, 0.2) is 0 Å². The Morgan fingerprint density at radius 3 is 2.53 bits per heavy atom. The van der Waals surface area contributed by atoms with Crippen molar-refractivity contribution in [2.45, 2.75) is 6.54 Å². The highest BCUT2D eigenvalue weighted by Crippen LogP contribution is 2.16. The van der Waals surface area contributed by atoms with Crippen molar-refractivity contribution in [2.75, 3.05) is 0 Å². The van der Waals surface area contributed by atoms with Gasteiger partial charge < -0.3 is 5.11 Å². The predicted octanol–water partition coefficient (Wildman–Crippen LogP) is -0.421. The number of nitrogens with one attached hydrogen (secondary N) is 1. The van der Waals surface area contributed by atoms with Crippen LogP contribution in [0.2, 0.25) is 0 Å². The molecule has 0 aliphatic rings. The van der Waals surface area contributed by atoms with E-state index in [1.54, 1.807) is 12.1 Å². The molecule has 0 fully saturated rings. The molecule has 2 N–H and O–H groups in total. The van der Waals surface area contributed by atoms with Crippen LogP contribution in [0.1, 0.15) is 0 Å². The monoisotopic (exact) mass is 261 g/mol. The second-order valence-corrected chi connectivity index (χ2v) is 3.74. The van der Waals surface area contributed by atoms with Crippen molar-refractivity contribution in [3.05, 3.63) is 68.4 Å². The van der Waals surface area contributed by atoms with Crippen molar-refractivity contribution >= 4 is 0 Å². The maximum absolute atomic E-state index is 12.1. The van der Waals surface area contributed by atoms with Crippen molar-refractivity contribution in [3.8, 4) is 11.4 Å². The quantitative estimate of drug-likeness (QED) is 0.733. The fourth-order valence-electron chi connectivity index (χ4n) is 1.67. The Bertz CT molecular complexity index is 798. The lowest BCUT2D eigenvalue weighted by Crippen LogP contribution is -2.48. The van der Waals surface area contributed by atoms with Gasteiger partial charge in [-0.05, 0) is 12.1 Å². The number of aromatic amines is 1. The number of phenolic OH excluding ortho intramolecular Hbond substituents is 1. The molecule has 1 aromatic carbocycles. The number of aromatic hydroxyl groups is 1. The van der Waals surface area contributed by atoms with E-state index in [9.17, 15) is 19.5 Å². The highest BCUT2D eigenvalue weighted by atomic mass is 16.3. The first-order valence-corrected chi connectivity index (χ1v) is 5.41. The molecular weight excluding hydrogens is 250 g/mol. The predicted molar refractivity (Wildman–Crippen MR) is 68.8 cm³/mol. The fourth-order valence-corrected chi connectivity index (χ4v) is 1.67. The first-order chi connectivity index (χ1) is 9.06. The molecule has 1 heterocycles. The van der Waals surface area contributed by atoms with E-state index in [4.69, 9.17) is 0 Å². The number of para-hydroxylation sites is 2. The standard InChI is InChI=1S/C12H11N3O4/c1-2-7-14-10(17)13-11(18)15(12(14)19)8-5-3-4-6-9(8)16/h2-6,16H,1,7H2,(H,13,17,18). The number of nitrogens with zero attached hydrogens (tertiary/aromatic N) is 2. The van der Waals surface area contributed by atoms with Crippen LogP contribution in [-0.2, 0) is 6.54 Å². The van der Waals surface area contributed by atoms with Gasteiger partial charge in [-0.2, -0.15) is 0 Å². The van der Waals surface area contributed by atoms with Gasteiger partial charge in [-0.15, -0.1) is 6.58 Å². The van der Waals surface area contributed by atoms with Crippen LogP contribution in [0.3, 0.4) is 0 Å². The average Bonchev–Trinajstić information content (AvgIpc) is 2.36. The van der Waals surface area contributed by atoms with Crippen LogP contribution in [0, 0.1) is 0 Å². The van der Waals surface area contributed by atoms with E-state index in [-0.39, 0.29) is 18.0 Å². The molecule has 0 aliphatic carbocycles. The highest BCUT2D eigenvalue weighted by molar-refractivity contribution is 5.44. The molecule has 0 atom stereocenters. The highest BCUT2D eigenvalue weighted by Gasteiger charge is 2.12. The van der Waals surface area contributed by atoms with Crippen LogP contribution in [0.15, 0.2) is 51.3 Å². The van der Waals surface area contributed by atoms with E-state index in [0.29, 0.717) is 4.57 Å². The molecule has 0 aliphatic heterocycles. The molecule has 0 bridgehead atoms. The molecule has 98 valence electrons. The maximum Gasteiger partial charge on any atom is 0.341 e. The largest absolute Gasteiger partial charge is 0.506 e. The zero-order valence-corrected chi connectivity index (χ0v) is 9.87. The molecule has 7 nitrogen and oxygen atoms in total. The van der Waals surface area contributed by atoms with Crippen LogP contribution in [-0.4, -0.2) is 19.2 Å². The van der Waals surface area contributed by atoms with E-state index in [1.807, 2.05) is 4.98 Å². The zero-order valence-electron chi connectivity index (χ0n) is 9.87. The zero-order chi connectivity index (χ0) is 14.0. The SMILES string of the molecule is C=CCn1c(=O)[nH]c(=O)n(-c2ccccc2O)c1=O. The van der Waals surface area contributed by atoms with Gasteiger partial charge in [-0.1, -0.05) is 18.2 Å². The van der Waals surface area contributed by atoms with Gasteiger partial charge in [-0.25, -0.2) is 23.5 Å². The Labute approximate surface area is 106 Å². The lowest BCUT2D eigenvalue weighted by atomic mass is 10.3. The Kier molecular flexibility index (Phi) is 3.19. The molecule has 19 heavy (non-hydrogen) atoms. The number of hydrogen-bond donors (Lipinski definition) is 2. The topological polar surface area (TPSA) is 97.1 Å². The van der Waals surface area contributed by atoms with Crippen LogP contribution in [0.4, 0.5) is 0 Å². The Morgan fingerprint density at radius 2 is 1.89 bits per heavy atom. The summed E-state index contributed by atoms with van der Waals surface area (Å²) in [4.78, 5) is 37.3. The Hall–Kier alpha value is -2.83. The van der Waals surface area contributed by atoms with Gasteiger partial charge in [0.05, 0.1) is 12.2 Å². The molecule has 2 rings (SSSR count). The van der Waals surface area contributed by atoms with Crippen LogP contribution in [0.25, 0.3) is 5.69 Å². The molecule has 2 aromatic rings. The smallest absolute Gasteiger partial charge is 0.341 e. The van der Waals surface area contributed by atoms with Crippen molar-refractivity contribution in [1.29, 1.82) is 0 Å². The molecular formula is C12H11N3O4. The third-order valence-corrected chi connectivity index (χ3v) is 2.52. The summed E-state index contributed by atoms with van der Waals surface area (Å²) in [5, 5.41) is 9.68. The summed E-state index contributed by atoms with van der Waals surface area (Å²) in [6.07, 6.45) is 1.36. The maximum atomic E-state index is 12.1. The normalized spacial score (nSPS) is 10.3. The summed E-state index contributed by atoms with van der Waals surface area (Å²) in [6.45, 7) is 3.39. The van der Waals surface area contributed by atoms with Gasteiger partial charge in [0.25, 0.3) is 0 Å². The third-order valence-electron chi connectivity index (χ3n) is 2.52. The molecule has 0 unspecified atom stereocenters. The minimum Gasteiger partial charge on any atom is -0.506 e. The first kappa shape index (κ1) is 12.6. The summed E-state index contributed by atoms with van der Waals surface area (Å²) in [5.74, 6) is -0.237. The summed E-state index contributed by atoms with van der Waals surface area (Å²) in [6, 6.07) is 5.85. The number of aromatic nitrogens is 3. The van der Waals surface area contributed by atoms with Crippen molar-refractivity contribution in [2.24, 2.45) is 0 Å². The number of hydrogen-bond acceptors (Lipinski definition) is 4. The Balaban J connectivity index is 2.86. The van der Waals surface area contributed by atoms with E-state index < -0.39 is 17.1 Å². The molecule has 0 amide bonds. The van der Waals surface area contributed by atoms with Gasteiger partial charge in [-0.3, -0.25) is 4.98 Å². The number of H-pyrrole nitrogens is 1. The van der Waals surface area contributed by atoms with E-state index in [1.165, 1.54) is 18.2 Å². The minimum atomic E-state index is -0.906.